The van der Waals surface area contributed by atoms with E-state index in [1.54, 1.807) is 24.3 Å². The second-order valence-electron chi connectivity index (χ2n) is 7.38. The zero-order chi connectivity index (χ0) is 20.1. The lowest BCUT2D eigenvalue weighted by molar-refractivity contribution is -0.122. The molecule has 1 N–H and O–H groups in total. The molecule has 1 fully saturated rings. The fraction of sp³-hybridized carbons (Fsp3) is 0.429. The number of nitrogens with one attached hydrogen (secondary N) is 1. The molecule has 0 spiro atoms. The Kier molecular flexibility index (Phi) is 5.97. The summed E-state index contributed by atoms with van der Waals surface area (Å²) in [5, 5.41) is 15.4. The first-order valence-corrected chi connectivity index (χ1v) is 10.1. The molecule has 1 aliphatic carbocycles. The molecule has 29 heavy (non-hydrogen) atoms. The van der Waals surface area contributed by atoms with E-state index in [-0.39, 0.29) is 11.7 Å². The number of rotatable bonds is 7. The number of hydrogen-bond donors (Lipinski definition) is 1. The van der Waals surface area contributed by atoms with Crippen LogP contribution in [0.3, 0.4) is 0 Å². The number of benzene rings is 1. The van der Waals surface area contributed by atoms with Gasteiger partial charge in [-0.15, -0.1) is 15.3 Å². The van der Waals surface area contributed by atoms with Crippen molar-refractivity contribution < 1.29 is 13.9 Å². The summed E-state index contributed by atoms with van der Waals surface area (Å²) in [5.41, 5.74) is 1.12. The van der Waals surface area contributed by atoms with Crippen molar-refractivity contribution in [1.82, 2.24) is 25.1 Å². The zero-order valence-electron chi connectivity index (χ0n) is 16.2. The monoisotopic (exact) mass is 397 g/mol. The second-order valence-corrected chi connectivity index (χ2v) is 7.38. The molecule has 1 aliphatic rings. The van der Waals surface area contributed by atoms with Gasteiger partial charge in [-0.3, -0.25) is 4.79 Å². The predicted octanol–water partition coefficient (Wildman–Crippen LogP) is 3.40. The Morgan fingerprint density at radius 1 is 1.17 bits per heavy atom. The van der Waals surface area contributed by atoms with Crippen LogP contribution in [0.5, 0.6) is 5.88 Å². The van der Waals surface area contributed by atoms with Crippen LogP contribution in [-0.2, 0) is 4.79 Å². The van der Waals surface area contributed by atoms with Crippen LogP contribution in [0.2, 0.25) is 0 Å². The van der Waals surface area contributed by atoms with E-state index in [9.17, 15) is 9.18 Å². The van der Waals surface area contributed by atoms with Crippen LogP contribution < -0.4 is 10.1 Å². The van der Waals surface area contributed by atoms with Crippen LogP contribution in [0, 0.1) is 11.7 Å². The Morgan fingerprint density at radius 3 is 2.86 bits per heavy atom. The molecule has 4 rings (SSSR count). The molecular formula is C21H24FN5O2. The molecule has 0 saturated heterocycles. The number of fused-ring (bicyclic) bond motifs is 1. The van der Waals surface area contributed by atoms with E-state index in [0.29, 0.717) is 48.4 Å². The standard InChI is InChI=1S/C21H24FN5O2/c22-17-8-4-7-16(14-17)21-25-24-18-9-10-20(26-27(18)21)29-12-11-23-19(28)13-15-5-2-1-3-6-15/h4,7-10,14-15H,1-3,5-6,11-13H2,(H,23,28). The highest BCUT2D eigenvalue weighted by Gasteiger charge is 2.16. The number of amides is 1. The van der Waals surface area contributed by atoms with Gasteiger partial charge in [-0.25, -0.2) is 4.39 Å². The van der Waals surface area contributed by atoms with Crippen LogP contribution in [0.15, 0.2) is 36.4 Å². The van der Waals surface area contributed by atoms with Crippen molar-refractivity contribution in [3.8, 4) is 17.3 Å². The van der Waals surface area contributed by atoms with E-state index < -0.39 is 0 Å². The summed E-state index contributed by atoms with van der Waals surface area (Å²) >= 11 is 0. The average Bonchev–Trinajstić information content (AvgIpc) is 3.15. The van der Waals surface area contributed by atoms with Gasteiger partial charge in [-0.05, 0) is 37.0 Å². The molecule has 0 radical (unpaired) electrons. The van der Waals surface area contributed by atoms with Gasteiger partial charge in [0, 0.05) is 18.1 Å². The number of aromatic nitrogens is 4. The second kappa shape index (κ2) is 8.98. The Balaban J connectivity index is 1.33. The van der Waals surface area contributed by atoms with E-state index in [2.05, 4.69) is 20.6 Å². The molecule has 2 aromatic heterocycles. The maximum Gasteiger partial charge on any atom is 0.231 e. The number of halogens is 1. The third-order valence-electron chi connectivity index (χ3n) is 5.19. The SMILES string of the molecule is O=C(CC1CCCCC1)NCCOc1ccc2nnc(-c3cccc(F)c3)n2n1. The molecule has 7 nitrogen and oxygen atoms in total. The van der Waals surface area contributed by atoms with Gasteiger partial charge >= 0.3 is 0 Å². The topological polar surface area (TPSA) is 81.4 Å². The quantitative estimate of drug-likeness (QED) is 0.618. The lowest BCUT2D eigenvalue weighted by Crippen LogP contribution is -2.30. The Labute approximate surface area is 168 Å². The molecule has 2 heterocycles. The molecule has 0 aliphatic heterocycles. The number of hydrogen-bond acceptors (Lipinski definition) is 5. The van der Waals surface area contributed by atoms with Gasteiger partial charge in [-0.2, -0.15) is 4.52 Å². The first-order valence-electron chi connectivity index (χ1n) is 10.1. The van der Waals surface area contributed by atoms with Crippen LogP contribution >= 0.6 is 0 Å². The lowest BCUT2D eigenvalue weighted by Gasteiger charge is -2.20. The molecule has 0 unspecified atom stereocenters. The van der Waals surface area contributed by atoms with Crippen molar-refractivity contribution in [1.29, 1.82) is 0 Å². The first kappa shape index (κ1) is 19.3. The molecule has 1 saturated carbocycles. The number of carbonyl (C=O) groups is 1. The van der Waals surface area contributed by atoms with E-state index >= 15 is 0 Å². The van der Waals surface area contributed by atoms with Gasteiger partial charge in [-0.1, -0.05) is 31.4 Å². The highest BCUT2D eigenvalue weighted by Crippen LogP contribution is 2.26. The van der Waals surface area contributed by atoms with E-state index in [0.717, 1.165) is 12.8 Å². The third-order valence-corrected chi connectivity index (χ3v) is 5.19. The smallest absolute Gasteiger partial charge is 0.231 e. The highest BCUT2D eigenvalue weighted by molar-refractivity contribution is 5.76. The highest BCUT2D eigenvalue weighted by atomic mass is 19.1. The fourth-order valence-corrected chi connectivity index (χ4v) is 3.73. The molecular weight excluding hydrogens is 373 g/mol. The summed E-state index contributed by atoms with van der Waals surface area (Å²) in [6.07, 6.45) is 6.66. The van der Waals surface area contributed by atoms with Crippen molar-refractivity contribution in [3.63, 3.8) is 0 Å². The van der Waals surface area contributed by atoms with E-state index in [1.165, 1.54) is 35.9 Å². The molecule has 0 atom stereocenters. The van der Waals surface area contributed by atoms with Gasteiger partial charge < -0.3 is 10.1 Å². The van der Waals surface area contributed by atoms with Crippen molar-refractivity contribution >= 4 is 11.6 Å². The van der Waals surface area contributed by atoms with E-state index in [4.69, 9.17) is 4.74 Å². The third kappa shape index (κ3) is 4.88. The van der Waals surface area contributed by atoms with E-state index in [1.807, 2.05) is 0 Å². The largest absolute Gasteiger partial charge is 0.475 e. The van der Waals surface area contributed by atoms with Gasteiger partial charge in [0.2, 0.25) is 11.8 Å². The van der Waals surface area contributed by atoms with Crippen molar-refractivity contribution in [2.24, 2.45) is 5.92 Å². The Bertz CT molecular complexity index is 984. The van der Waals surface area contributed by atoms with Crippen LogP contribution in [-0.4, -0.2) is 38.9 Å². The van der Waals surface area contributed by atoms with Gasteiger partial charge in [0.1, 0.15) is 12.4 Å². The van der Waals surface area contributed by atoms with Crippen LogP contribution in [0.1, 0.15) is 38.5 Å². The number of nitrogens with zero attached hydrogens (tertiary/aromatic N) is 4. The zero-order valence-corrected chi connectivity index (χ0v) is 16.2. The molecule has 8 heteroatoms. The molecule has 152 valence electrons. The van der Waals surface area contributed by atoms with Gasteiger partial charge in [0.25, 0.3) is 0 Å². The van der Waals surface area contributed by atoms with Crippen molar-refractivity contribution in [2.45, 2.75) is 38.5 Å². The van der Waals surface area contributed by atoms with Crippen molar-refractivity contribution in [2.75, 3.05) is 13.2 Å². The molecule has 1 amide bonds. The minimum atomic E-state index is -0.351. The minimum absolute atomic E-state index is 0.0797. The number of ether oxygens (including phenoxy) is 1. The molecule has 3 aromatic rings. The average molecular weight is 397 g/mol. The molecule has 1 aromatic carbocycles. The molecule has 0 bridgehead atoms. The maximum absolute atomic E-state index is 13.5. The normalized spacial score (nSPS) is 14.8. The maximum atomic E-state index is 13.5. The summed E-state index contributed by atoms with van der Waals surface area (Å²) in [6, 6.07) is 9.55. The summed E-state index contributed by atoms with van der Waals surface area (Å²) in [6.45, 7) is 0.733. The van der Waals surface area contributed by atoms with Gasteiger partial charge in [0.15, 0.2) is 11.5 Å². The summed E-state index contributed by atoms with van der Waals surface area (Å²) in [5.74, 6) is 1.07. The van der Waals surface area contributed by atoms with Crippen LogP contribution in [0.4, 0.5) is 4.39 Å². The van der Waals surface area contributed by atoms with Crippen molar-refractivity contribution in [3.05, 3.63) is 42.2 Å². The fourth-order valence-electron chi connectivity index (χ4n) is 3.73. The Morgan fingerprint density at radius 2 is 2.03 bits per heavy atom. The number of carbonyl (C=O) groups excluding carboxylic acids is 1. The summed E-state index contributed by atoms with van der Waals surface area (Å²) in [7, 11) is 0. The lowest BCUT2D eigenvalue weighted by atomic mass is 9.87. The summed E-state index contributed by atoms with van der Waals surface area (Å²) < 4.78 is 20.7. The van der Waals surface area contributed by atoms with Gasteiger partial charge in [0.05, 0.1) is 6.54 Å². The van der Waals surface area contributed by atoms with Crippen LogP contribution in [0.25, 0.3) is 17.0 Å². The first-order chi connectivity index (χ1) is 14.2. The summed E-state index contributed by atoms with van der Waals surface area (Å²) in [4.78, 5) is 12.1. The minimum Gasteiger partial charge on any atom is -0.475 e. The predicted molar refractivity (Wildman–Crippen MR) is 106 cm³/mol. The Hall–Kier alpha value is -3.03.